The molecule has 104 valence electrons. The molecule has 1 saturated heterocycles. The van der Waals surface area contributed by atoms with Crippen LogP contribution in [0, 0.1) is 5.92 Å². The molecule has 0 spiro atoms. The molecule has 1 unspecified atom stereocenters. The van der Waals surface area contributed by atoms with E-state index in [4.69, 9.17) is 10.8 Å². The van der Waals surface area contributed by atoms with Gasteiger partial charge in [0.25, 0.3) is 0 Å². The number of aryl methyl sites for hydroxylation is 1. The Bertz CT molecular complexity index is 485. The minimum atomic E-state index is -0.854. The largest absolute Gasteiger partial charge is 0.481 e. The van der Waals surface area contributed by atoms with Crippen LogP contribution in [0.4, 0.5) is 0 Å². The molecule has 0 aliphatic carbocycles. The number of nitrogens with two attached hydrogens (primary N) is 1. The van der Waals surface area contributed by atoms with Crippen molar-refractivity contribution in [1.82, 2.24) is 14.7 Å². The van der Waals surface area contributed by atoms with Crippen molar-refractivity contribution >= 4 is 11.9 Å². The van der Waals surface area contributed by atoms with E-state index in [1.54, 1.807) is 29.0 Å². The molecule has 2 rings (SSSR count). The molecule has 2 heterocycles. The molecule has 0 radical (unpaired) electrons. The van der Waals surface area contributed by atoms with E-state index in [1.807, 2.05) is 0 Å². The molecule has 1 aromatic heterocycles. The fourth-order valence-corrected chi connectivity index (χ4v) is 2.32. The molecule has 1 amide bonds. The van der Waals surface area contributed by atoms with Gasteiger partial charge in [-0.05, 0) is 12.8 Å². The number of carboxylic acid groups (broad SMARTS) is 1. The van der Waals surface area contributed by atoms with Gasteiger partial charge in [0, 0.05) is 31.9 Å². The van der Waals surface area contributed by atoms with Gasteiger partial charge in [-0.15, -0.1) is 0 Å². The summed E-state index contributed by atoms with van der Waals surface area (Å²) < 4.78 is 1.58. The number of likely N-dealkylation sites (tertiary alicyclic amines) is 1. The van der Waals surface area contributed by atoms with Crippen LogP contribution in [0.1, 0.15) is 24.4 Å². The van der Waals surface area contributed by atoms with Gasteiger partial charge in [-0.2, -0.15) is 5.10 Å². The summed E-state index contributed by atoms with van der Waals surface area (Å²) in [6.07, 6.45) is 4.56. The van der Waals surface area contributed by atoms with Crippen LogP contribution in [0.3, 0.4) is 0 Å². The van der Waals surface area contributed by atoms with Gasteiger partial charge in [-0.25, -0.2) is 0 Å². The summed E-state index contributed by atoms with van der Waals surface area (Å²) in [4.78, 5) is 24.8. The third-order valence-electron chi connectivity index (χ3n) is 3.43. The van der Waals surface area contributed by atoms with Gasteiger partial charge in [-0.3, -0.25) is 14.3 Å². The summed E-state index contributed by atoms with van der Waals surface area (Å²) in [5.74, 6) is -1.58. The second kappa shape index (κ2) is 5.40. The van der Waals surface area contributed by atoms with Crippen LogP contribution in [-0.4, -0.2) is 44.8 Å². The first-order valence-electron chi connectivity index (χ1n) is 6.24. The van der Waals surface area contributed by atoms with Crippen molar-refractivity contribution in [3.8, 4) is 0 Å². The van der Waals surface area contributed by atoms with Crippen molar-refractivity contribution < 1.29 is 14.7 Å². The van der Waals surface area contributed by atoms with Gasteiger partial charge in [0.1, 0.15) is 6.04 Å². The van der Waals surface area contributed by atoms with Gasteiger partial charge in [-0.1, -0.05) is 0 Å². The fraction of sp³-hybridized carbons (Fsp3) is 0.583. The number of piperidine rings is 1. The third kappa shape index (κ3) is 2.93. The lowest BCUT2D eigenvalue weighted by molar-refractivity contribution is -0.146. The monoisotopic (exact) mass is 266 g/mol. The van der Waals surface area contributed by atoms with Crippen LogP contribution >= 0.6 is 0 Å². The van der Waals surface area contributed by atoms with Crippen LogP contribution in [0.25, 0.3) is 0 Å². The minimum absolute atomic E-state index is 0.237. The highest BCUT2D eigenvalue weighted by Crippen LogP contribution is 2.20. The molecule has 3 N–H and O–H groups in total. The average Bonchev–Trinajstić information content (AvgIpc) is 2.84. The Balaban J connectivity index is 2.04. The summed E-state index contributed by atoms with van der Waals surface area (Å²) in [7, 11) is 1.75. The maximum Gasteiger partial charge on any atom is 0.308 e. The lowest BCUT2D eigenvalue weighted by Gasteiger charge is -2.32. The van der Waals surface area contributed by atoms with Crippen LogP contribution in [0.5, 0.6) is 0 Å². The van der Waals surface area contributed by atoms with E-state index in [0.717, 1.165) is 0 Å². The Labute approximate surface area is 111 Å². The fourth-order valence-electron chi connectivity index (χ4n) is 2.32. The van der Waals surface area contributed by atoms with Gasteiger partial charge in [0.05, 0.1) is 12.1 Å². The highest BCUT2D eigenvalue weighted by atomic mass is 16.4. The van der Waals surface area contributed by atoms with E-state index in [9.17, 15) is 9.59 Å². The van der Waals surface area contributed by atoms with Crippen molar-refractivity contribution in [2.24, 2.45) is 18.7 Å². The maximum atomic E-state index is 12.2. The predicted octanol–water partition coefficient (Wildman–Crippen LogP) is -0.257. The number of carbonyl (C=O) groups excluding carboxylic acids is 1. The molecule has 0 bridgehead atoms. The van der Waals surface area contributed by atoms with E-state index in [1.165, 1.54) is 0 Å². The molecule has 1 fully saturated rings. The van der Waals surface area contributed by atoms with Crippen molar-refractivity contribution in [2.45, 2.75) is 18.9 Å². The number of hydrogen-bond acceptors (Lipinski definition) is 4. The summed E-state index contributed by atoms with van der Waals surface area (Å²) in [5.41, 5.74) is 6.56. The number of aliphatic carboxylic acids is 1. The van der Waals surface area contributed by atoms with Crippen molar-refractivity contribution in [1.29, 1.82) is 0 Å². The van der Waals surface area contributed by atoms with Crippen LogP contribution < -0.4 is 5.73 Å². The summed E-state index contributed by atoms with van der Waals surface area (Å²) in [6.45, 7) is 0.804. The highest BCUT2D eigenvalue weighted by Gasteiger charge is 2.31. The lowest BCUT2D eigenvalue weighted by Crippen LogP contribution is -2.46. The van der Waals surface area contributed by atoms with Crippen LogP contribution in [0.2, 0.25) is 0 Å². The first-order valence-corrected chi connectivity index (χ1v) is 6.24. The molecule has 1 aliphatic heterocycles. The second-order valence-corrected chi connectivity index (χ2v) is 4.89. The number of rotatable bonds is 3. The molecule has 7 nitrogen and oxygen atoms in total. The first kappa shape index (κ1) is 13.5. The van der Waals surface area contributed by atoms with E-state index in [2.05, 4.69) is 5.10 Å². The molecule has 1 aliphatic rings. The summed E-state index contributed by atoms with van der Waals surface area (Å²) in [6, 6.07) is -0.777. The summed E-state index contributed by atoms with van der Waals surface area (Å²) >= 11 is 0. The van der Waals surface area contributed by atoms with Crippen LogP contribution in [0.15, 0.2) is 12.4 Å². The molecule has 1 aromatic rings. The zero-order valence-electron chi connectivity index (χ0n) is 10.8. The molecule has 0 saturated carbocycles. The number of carbonyl (C=O) groups is 2. The molecule has 7 heteroatoms. The summed E-state index contributed by atoms with van der Waals surface area (Å²) in [5, 5.41) is 13.0. The zero-order valence-corrected chi connectivity index (χ0v) is 10.8. The van der Waals surface area contributed by atoms with Gasteiger partial charge < -0.3 is 15.7 Å². The number of amides is 1. The Morgan fingerprint density at radius 3 is 2.89 bits per heavy atom. The molecular weight excluding hydrogens is 248 g/mol. The van der Waals surface area contributed by atoms with Crippen molar-refractivity contribution in [2.75, 3.05) is 13.1 Å². The van der Waals surface area contributed by atoms with Gasteiger partial charge >= 0.3 is 5.97 Å². The van der Waals surface area contributed by atoms with Crippen molar-refractivity contribution in [3.63, 3.8) is 0 Å². The minimum Gasteiger partial charge on any atom is -0.481 e. The number of carboxylic acids is 1. The molecule has 19 heavy (non-hydrogen) atoms. The van der Waals surface area contributed by atoms with Crippen LogP contribution in [-0.2, 0) is 16.6 Å². The van der Waals surface area contributed by atoms with Gasteiger partial charge in [0.15, 0.2) is 0 Å². The predicted molar refractivity (Wildman–Crippen MR) is 67.1 cm³/mol. The normalized spacial score (nSPS) is 21.2. The Morgan fingerprint density at radius 2 is 2.32 bits per heavy atom. The third-order valence-corrected chi connectivity index (χ3v) is 3.43. The quantitative estimate of drug-likeness (QED) is 0.785. The first-order chi connectivity index (χ1) is 8.99. The lowest BCUT2D eigenvalue weighted by atomic mass is 9.97. The van der Waals surface area contributed by atoms with Gasteiger partial charge in [0.2, 0.25) is 5.91 Å². The standard InChI is InChI=1S/C12H18N4O3/c1-15-6-9(5-14-15)10(13)11(17)16-4-2-3-8(7-16)12(18)19/h5-6,8,10H,2-4,7,13H2,1H3,(H,18,19)/t8-,10?/m0/s1. The topological polar surface area (TPSA) is 101 Å². The number of nitrogens with zero attached hydrogens (tertiary/aromatic N) is 3. The van der Waals surface area contributed by atoms with E-state index in [0.29, 0.717) is 24.9 Å². The van der Waals surface area contributed by atoms with E-state index < -0.39 is 17.9 Å². The molecule has 0 aromatic carbocycles. The Hall–Kier alpha value is -1.89. The second-order valence-electron chi connectivity index (χ2n) is 4.89. The number of hydrogen-bond donors (Lipinski definition) is 2. The highest BCUT2D eigenvalue weighted by molar-refractivity contribution is 5.83. The Morgan fingerprint density at radius 1 is 1.58 bits per heavy atom. The molecular formula is C12H18N4O3. The van der Waals surface area contributed by atoms with Crippen molar-refractivity contribution in [3.05, 3.63) is 18.0 Å². The molecule has 2 atom stereocenters. The number of aromatic nitrogens is 2. The average molecular weight is 266 g/mol. The van der Waals surface area contributed by atoms with E-state index in [-0.39, 0.29) is 12.5 Å². The SMILES string of the molecule is Cn1cc(C(N)C(=O)N2CCC[C@H](C(=O)O)C2)cn1. The smallest absolute Gasteiger partial charge is 0.308 e. The zero-order chi connectivity index (χ0) is 14.0. The maximum absolute atomic E-state index is 12.2. The van der Waals surface area contributed by atoms with E-state index >= 15 is 0 Å². The Kier molecular flexibility index (Phi) is 3.84.